The van der Waals surface area contributed by atoms with Crippen LogP contribution in [0.4, 0.5) is 0 Å². The van der Waals surface area contributed by atoms with Crippen molar-refractivity contribution in [3.8, 4) is 11.5 Å². The summed E-state index contributed by atoms with van der Waals surface area (Å²) < 4.78 is 11.4. The largest absolute Gasteiger partial charge is 0.490 e. The number of hydrogen-bond acceptors (Lipinski definition) is 4. The minimum absolute atomic E-state index is 0.227. The molecule has 0 radical (unpaired) electrons. The molecule has 2 aliphatic heterocycles. The van der Waals surface area contributed by atoms with Crippen LogP contribution in [0.3, 0.4) is 0 Å². The lowest BCUT2D eigenvalue weighted by molar-refractivity contribution is -0.123. The molecular formula is C16H22N2O3. The van der Waals surface area contributed by atoms with E-state index in [0.29, 0.717) is 13.2 Å². The number of hydrogen-bond donors (Lipinski definition) is 1. The summed E-state index contributed by atoms with van der Waals surface area (Å²) in [5.41, 5.74) is 6.63. The van der Waals surface area contributed by atoms with Crippen LogP contribution in [-0.2, 0) is 4.79 Å². The van der Waals surface area contributed by atoms with Gasteiger partial charge in [0.1, 0.15) is 0 Å². The van der Waals surface area contributed by atoms with E-state index in [1.807, 2.05) is 13.0 Å². The van der Waals surface area contributed by atoms with Gasteiger partial charge in [0.25, 0.3) is 0 Å². The zero-order valence-corrected chi connectivity index (χ0v) is 12.4. The zero-order valence-electron chi connectivity index (χ0n) is 12.4. The van der Waals surface area contributed by atoms with Gasteiger partial charge in [-0.2, -0.15) is 0 Å². The maximum absolute atomic E-state index is 11.5. The number of carbonyl (C=O) groups is 1. The zero-order chi connectivity index (χ0) is 14.8. The Labute approximate surface area is 125 Å². The van der Waals surface area contributed by atoms with Crippen molar-refractivity contribution in [2.45, 2.75) is 38.3 Å². The molecule has 114 valence electrons. The first-order chi connectivity index (χ1) is 10.2. The number of primary amides is 1. The highest BCUT2D eigenvalue weighted by Gasteiger charge is 2.32. The Morgan fingerprint density at radius 1 is 1.29 bits per heavy atom. The van der Waals surface area contributed by atoms with Gasteiger partial charge in [-0.05, 0) is 44.0 Å². The van der Waals surface area contributed by atoms with Gasteiger partial charge in [0.05, 0.1) is 19.3 Å². The van der Waals surface area contributed by atoms with Gasteiger partial charge < -0.3 is 15.2 Å². The molecule has 0 aliphatic carbocycles. The SMILES string of the molecule is C[C@@H](C(N)=O)N1CCC[C@@H]1c1ccc2c(c1)OCCCO2. The van der Waals surface area contributed by atoms with E-state index in [1.165, 1.54) is 5.56 Å². The number of amides is 1. The van der Waals surface area contributed by atoms with Gasteiger partial charge in [0, 0.05) is 12.5 Å². The molecule has 0 spiro atoms. The van der Waals surface area contributed by atoms with Crippen LogP contribution < -0.4 is 15.2 Å². The fraction of sp³-hybridized carbons (Fsp3) is 0.562. The van der Waals surface area contributed by atoms with Crippen LogP contribution >= 0.6 is 0 Å². The first-order valence-electron chi connectivity index (χ1n) is 7.61. The molecule has 1 fully saturated rings. The average Bonchev–Trinajstić information content (AvgIpc) is 2.84. The van der Waals surface area contributed by atoms with Crippen molar-refractivity contribution in [3.63, 3.8) is 0 Å². The van der Waals surface area contributed by atoms with E-state index in [1.54, 1.807) is 0 Å². The van der Waals surface area contributed by atoms with Crippen LogP contribution in [0, 0.1) is 0 Å². The molecule has 0 aromatic heterocycles. The fourth-order valence-electron chi connectivity index (χ4n) is 3.16. The van der Waals surface area contributed by atoms with Crippen LogP contribution in [-0.4, -0.2) is 36.6 Å². The molecule has 2 N–H and O–H groups in total. The third kappa shape index (κ3) is 2.83. The Morgan fingerprint density at radius 3 is 2.81 bits per heavy atom. The summed E-state index contributed by atoms with van der Waals surface area (Å²) in [5, 5.41) is 0. The Balaban J connectivity index is 1.86. The molecule has 2 atom stereocenters. The number of fused-ring (bicyclic) bond motifs is 1. The second-order valence-corrected chi connectivity index (χ2v) is 5.73. The Kier molecular flexibility index (Phi) is 4.01. The number of carbonyl (C=O) groups excluding carboxylic acids is 1. The molecule has 1 aromatic rings. The summed E-state index contributed by atoms with van der Waals surface area (Å²) >= 11 is 0. The molecule has 5 nitrogen and oxygen atoms in total. The number of likely N-dealkylation sites (tertiary alicyclic amines) is 1. The molecule has 1 aromatic carbocycles. The molecule has 5 heteroatoms. The number of nitrogens with zero attached hydrogens (tertiary/aromatic N) is 1. The highest BCUT2D eigenvalue weighted by molar-refractivity contribution is 5.79. The van der Waals surface area contributed by atoms with Crippen molar-refractivity contribution in [2.75, 3.05) is 19.8 Å². The smallest absolute Gasteiger partial charge is 0.234 e. The molecule has 2 aliphatic rings. The Bertz CT molecular complexity index is 532. The monoisotopic (exact) mass is 290 g/mol. The van der Waals surface area contributed by atoms with Crippen molar-refractivity contribution >= 4 is 5.91 Å². The number of rotatable bonds is 3. The number of ether oxygens (including phenoxy) is 2. The third-order valence-electron chi connectivity index (χ3n) is 4.36. The number of nitrogens with two attached hydrogens (primary N) is 1. The summed E-state index contributed by atoms with van der Waals surface area (Å²) in [4.78, 5) is 13.7. The molecule has 3 rings (SSSR count). The lowest BCUT2D eigenvalue weighted by atomic mass is 10.0. The van der Waals surface area contributed by atoms with Crippen LogP contribution in [0.2, 0.25) is 0 Å². The second-order valence-electron chi connectivity index (χ2n) is 5.73. The Hall–Kier alpha value is -1.75. The predicted octanol–water partition coefficient (Wildman–Crippen LogP) is 1.86. The van der Waals surface area contributed by atoms with Crippen LogP contribution in [0.1, 0.15) is 37.8 Å². The lowest BCUT2D eigenvalue weighted by Crippen LogP contribution is -2.42. The van der Waals surface area contributed by atoms with Crippen molar-refractivity contribution < 1.29 is 14.3 Å². The highest BCUT2D eigenvalue weighted by atomic mass is 16.5. The molecule has 0 saturated carbocycles. The molecule has 0 bridgehead atoms. The summed E-state index contributed by atoms with van der Waals surface area (Å²) in [6, 6.07) is 6.08. The summed E-state index contributed by atoms with van der Waals surface area (Å²) in [5.74, 6) is 1.35. The molecule has 0 unspecified atom stereocenters. The third-order valence-corrected chi connectivity index (χ3v) is 4.36. The van der Waals surface area contributed by atoms with Gasteiger partial charge in [-0.15, -0.1) is 0 Å². The molecule has 1 saturated heterocycles. The van der Waals surface area contributed by atoms with Gasteiger partial charge >= 0.3 is 0 Å². The highest BCUT2D eigenvalue weighted by Crippen LogP contribution is 2.38. The van der Waals surface area contributed by atoms with E-state index in [4.69, 9.17) is 15.2 Å². The predicted molar refractivity (Wildman–Crippen MR) is 79.4 cm³/mol. The summed E-state index contributed by atoms with van der Waals surface area (Å²) in [7, 11) is 0. The maximum atomic E-state index is 11.5. The number of benzene rings is 1. The minimum atomic E-state index is -0.267. The first-order valence-corrected chi connectivity index (χ1v) is 7.61. The average molecular weight is 290 g/mol. The van der Waals surface area contributed by atoms with Crippen molar-refractivity contribution in [3.05, 3.63) is 23.8 Å². The topological polar surface area (TPSA) is 64.8 Å². The normalized spacial score (nSPS) is 23.6. The quantitative estimate of drug-likeness (QED) is 0.923. The molecule has 1 amide bonds. The van der Waals surface area contributed by atoms with Crippen LogP contribution in [0.25, 0.3) is 0 Å². The molecule has 21 heavy (non-hydrogen) atoms. The van der Waals surface area contributed by atoms with E-state index in [0.717, 1.165) is 37.3 Å². The second kappa shape index (κ2) is 5.93. The standard InChI is InChI=1S/C16H22N2O3/c1-11(16(17)19)18-7-2-4-13(18)12-5-6-14-15(10-12)21-9-3-8-20-14/h5-6,10-11,13H,2-4,7-9H2,1H3,(H2,17,19)/t11-,13+/m0/s1. The van der Waals surface area contributed by atoms with Gasteiger partial charge in [0.2, 0.25) is 5.91 Å². The lowest BCUT2D eigenvalue weighted by Gasteiger charge is -2.29. The summed E-state index contributed by atoms with van der Waals surface area (Å²) in [6.45, 7) is 4.16. The van der Waals surface area contributed by atoms with E-state index < -0.39 is 0 Å². The molecule has 2 heterocycles. The van der Waals surface area contributed by atoms with E-state index in [9.17, 15) is 4.79 Å². The summed E-state index contributed by atoms with van der Waals surface area (Å²) in [6.07, 6.45) is 3.02. The van der Waals surface area contributed by atoms with Crippen LogP contribution in [0.15, 0.2) is 18.2 Å². The molecular weight excluding hydrogens is 268 g/mol. The van der Waals surface area contributed by atoms with E-state index in [-0.39, 0.29) is 18.0 Å². The minimum Gasteiger partial charge on any atom is -0.490 e. The van der Waals surface area contributed by atoms with Crippen molar-refractivity contribution in [1.82, 2.24) is 4.90 Å². The van der Waals surface area contributed by atoms with Crippen molar-refractivity contribution in [1.29, 1.82) is 0 Å². The van der Waals surface area contributed by atoms with Gasteiger partial charge in [-0.1, -0.05) is 6.07 Å². The Morgan fingerprint density at radius 2 is 2.05 bits per heavy atom. The first kappa shape index (κ1) is 14.2. The van der Waals surface area contributed by atoms with E-state index >= 15 is 0 Å². The van der Waals surface area contributed by atoms with Crippen molar-refractivity contribution in [2.24, 2.45) is 5.73 Å². The maximum Gasteiger partial charge on any atom is 0.234 e. The van der Waals surface area contributed by atoms with Gasteiger partial charge in [0.15, 0.2) is 11.5 Å². The fourth-order valence-corrected chi connectivity index (χ4v) is 3.16. The van der Waals surface area contributed by atoms with E-state index in [2.05, 4.69) is 17.0 Å². The van der Waals surface area contributed by atoms with Gasteiger partial charge in [-0.25, -0.2) is 0 Å². The van der Waals surface area contributed by atoms with Gasteiger partial charge in [-0.3, -0.25) is 9.69 Å². The van der Waals surface area contributed by atoms with Crippen LogP contribution in [0.5, 0.6) is 11.5 Å².